The van der Waals surface area contributed by atoms with Gasteiger partial charge in [-0.25, -0.2) is 9.89 Å². The van der Waals surface area contributed by atoms with Crippen LogP contribution in [-0.2, 0) is 11.3 Å². The summed E-state index contributed by atoms with van der Waals surface area (Å²) < 4.78 is 1.59. The zero-order valence-corrected chi connectivity index (χ0v) is 14.2. The van der Waals surface area contributed by atoms with Gasteiger partial charge in [-0.3, -0.25) is 9.36 Å². The summed E-state index contributed by atoms with van der Waals surface area (Å²) in [6.45, 7) is 4.64. The van der Waals surface area contributed by atoms with Crippen LogP contribution in [0.5, 0.6) is 0 Å². The third kappa shape index (κ3) is 4.99. The van der Waals surface area contributed by atoms with Crippen molar-refractivity contribution in [1.29, 1.82) is 0 Å². The van der Waals surface area contributed by atoms with Gasteiger partial charge in [-0.1, -0.05) is 55.4 Å². The number of thioether (sulfide) groups is 1. The Kier molecular flexibility index (Phi) is 6.46. The molecule has 2 rings (SSSR count). The second-order valence-electron chi connectivity index (χ2n) is 5.31. The van der Waals surface area contributed by atoms with Crippen molar-refractivity contribution in [1.82, 2.24) is 20.1 Å². The van der Waals surface area contributed by atoms with Crippen molar-refractivity contribution >= 4 is 17.7 Å². The highest BCUT2D eigenvalue weighted by Gasteiger charge is 2.13. The van der Waals surface area contributed by atoms with Gasteiger partial charge in [0, 0.05) is 6.54 Å². The molecule has 0 aliphatic rings. The molecule has 0 aliphatic carbocycles. The monoisotopic (exact) mass is 334 g/mol. The van der Waals surface area contributed by atoms with Gasteiger partial charge in [0.1, 0.15) is 0 Å². The fourth-order valence-electron chi connectivity index (χ4n) is 2.17. The third-order valence-electron chi connectivity index (χ3n) is 3.47. The number of rotatable bonds is 8. The van der Waals surface area contributed by atoms with Gasteiger partial charge in [0.2, 0.25) is 5.91 Å². The summed E-state index contributed by atoms with van der Waals surface area (Å²) in [6, 6.07) is 9.75. The number of H-pyrrole nitrogens is 1. The van der Waals surface area contributed by atoms with E-state index >= 15 is 0 Å². The fourth-order valence-corrected chi connectivity index (χ4v) is 2.95. The summed E-state index contributed by atoms with van der Waals surface area (Å²) in [5, 5.41) is 9.94. The summed E-state index contributed by atoms with van der Waals surface area (Å²) in [7, 11) is 0. The van der Waals surface area contributed by atoms with E-state index in [-0.39, 0.29) is 23.4 Å². The van der Waals surface area contributed by atoms with Crippen molar-refractivity contribution in [2.75, 3.05) is 5.75 Å². The number of hydrogen-bond donors (Lipinski definition) is 2. The van der Waals surface area contributed by atoms with Gasteiger partial charge < -0.3 is 5.32 Å². The van der Waals surface area contributed by atoms with Crippen LogP contribution in [-0.4, -0.2) is 26.4 Å². The van der Waals surface area contributed by atoms with E-state index in [0.29, 0.717) is 11.7 Å². The molecule has 0 radical (unpaired) electrons. The van der Waals surface area contributed by atoms with E-state index in [2.05, 4.69) is 22.4 Å². The SMILES string of the molecule is CCCCn1c(SCC(=O)NC(C)c2ccccc2)n[nH]c1=O. The topological polar surface area (TPSA) is 79.8 Å². The van der Waals surface area contributed by atoms with Crippen molar-refractivity contribution in [3.63, 3.8) is 0 Å². The number of nitrogens with one attached hydrogen (secondary N) is 2. The molecule has 0 fully saturated rings. The number of carbonyl (C=O) groups excluding carboxylic acids is 1. The first-order valence-electron chi connectivity index (χ1n) is 7.74. The van der Waals surface area contributed by atoms with Crippen LogP contribution in [0.25, 0.3) is 0 Å². The number of aromatic nitrogens is 3. The maximum atomic E-state index is 12.1. The lowest BCUT2D eigenvalue weighted by Crippen LogP contribution is -2.28. The van der Waals surface area contributed by atoms with Crippen molar-refractivity contribution in [2.45, 2.75) is 44.4 Å². The van der Waals surface area contributed by atoms with Crippen LogP contribution < -0.4 is 11.0 Å². The average Bonchev–Trinajstić information content (AvgIpc) is 2.91. The summed E-state index contributed by atoms with van der Waals surface area (Å²) in [6.07, 6.45) is 1.90. The van der Waals surface area contributed by atoms with Crippen LogP contribution >= 0.6 is 11.8 Å². The molecule has 23 heavy (non-hydrogen) atoms. The Hall–Kier alpha value is -2.02. The highest BCUT2D eigenvalue weighted by molar-refractivity contribution is 7.99. The lowest BCUT2D eigenvalue weighted by Gasteiger charge is -2.14. The predicted octanol–water partition coefficient (Wildman–Crippen LogP) is 2.34. The summed E-state index contributed by atoms with van der Waals surface area (Å²) in [4.78, 5) is 23.8. The van der Waals surface area contributed by atoms with Crippen LogP contribution in [0.2, 0.25) is 0 Å². The van der Waals surface area contributed by atoms with Crippen LogP contribution in [0.15, 0.2) is 40.3 Å². The minimum Gasteiger partial charge on any atom is -0.349 e. The van der Waals surface area contributed by atoms with Crippen molar-refractivity contribution in [3.8, 4) is 0 Å². The zero-order chi connectivity index (χ0) is 16.7. The van der Waals surface area contributed by atoms with Gasteiger partial charge in [-0.05, 0) is 18.9 Å². The van der Waals surface area contributed by atoms with Crippen molar-refractivity contribution < 1.29 is 4.79 Å². The molecule has 7 heteroatoms. The molecule has 1 aromatic carbocycles. The molecule has 1 unspecified atom stereocenters. The number of unbranched alkanes of at least 4 members (excludes halogenated alkanes) is 1. The Morgan fingerprint density at radius 3 is 2.83 bits per heavy atom. The quantitative estimate of drug-likeness (QED) is 0.726. The number of carbonyl (C=O) groups is 1. The van der Waals surface area contributed by atoms with E-state index in [4.69, 9.17) is 0 Å². The first-order valence-corrected chi connectivity index (χ1v) is 8.72. The number of benzene rings is 1. The molecule has 0 bridgehead atoms. The lowest BCUT2D eigenvalue weighted by atomic mass is 10.1. The van der Waals surface area contributed by atoms with E-state index in [9.17, 15) is 9.59 Å². The molecule has 2 N–H and O–H groups in total. The Labute approximate surface area is 139 Å². The number of amides is 1. The fraction of sp³-hybridized carbons (Fsp3) is 0.438. The molecule has 1 heterocycles. The molecule has 1 amide bonds. The lowest BCUT2D eigenvalue weighted by molar-refractivity contribution is -0.119. The van der Waals surface area contributed by atoms with Crippen LogP contribution in [0.4, 0.5) is 0 Å². The molecule has 6 nitrogen and oxygen atoms in total. The van der Waals surface area contributed by atoms with Gasteiger partial charge in [0.05, 0.1) is 11.8 Å². The molecule has 0 saturated carbocycles. The predicted molar refractivity (Wildman–Crippen MR) is 91.5 cm³/mol. The Morgan fingerprint density at radius 2 is 2.13 bits per heavy atom. The molecule has 0 saturated heterocycles. The zero-order valence-electron chi connectivity index (χ0n) is 13.4. The van der Waals surface area contributed by atoms with Gasteiger partial charge in [-0.2, -0.15) is 0 Å². The maximum Gasteiger partial charge on any atom is 0.343 e. The minimum atomic E-state index is -0.223. The Morgan fingerprint density at radius 1 is 1.39 bits per heavy atom. The highest BCUT2D eigenvalue weighted by atomic mass is 32.2. The van der Waals surface area contributed by atoms with Crippen molar-refractivity contribution in [2.24, 2.45) is 0 Å². The molecule has 124 valence electrons. The largest absolute Gasteiger partial charge is 0.349 e. The van der Waals surface area contributed by atoms with Gasteiger partial charge in [0.15, 0.2) is 5.16 Å². The van der Waals surface area contributed by atoms with E-state index in [1.54, 1.807) is 4.57 Å². The van der Waals surface area contributed by atoms with E-state index < -0.39 is 0 Å². The van der Waals surface area contributed by atoms with E-state index in [0.717, 1.165) is 18.4 Å². The average molecular weight is 334 g/mol. The van der Waals surface area contributed by atoms with Gasteiger partial charge >= 0.3 is 5.69 Å². The minimum absolute atomic E-state index is 0.0502. The first kappa shape index (κ1) is 17.3. The molecule has 1 atom stereocenters. The summed E-state index contributed by atoms with van der Waals surface area (Å²) >= 11 is 1.27. The second kappa shape index (κ2) is 8.57. The molecule has 2 aromatic rings. The van der Waals surface area contributed by atoms with Crippen LogP contribution in [0, 0.1) is 0 Å². The molecular weight excluding hydrogens is 312 g/mol. The maximum absolute atomic E-state index is 12.1. The molecule has 0 spiro atoms. The number of aromatic amines is 1. The van der Waals surface area contributed by atoms with Gasteiger partial charge in [-0.15, -0.1) is 5.10 Å². The normalized spacial score (nSPS) is 12.1. The molecule has 0 aliphatic heterocycles. The van der Waals surface area contributed by atoms with Crippen LogP contribution in [0.3, 0.4) is 0 Å². The number of hydrogen-bond acceptors (Lipinski definition) is 4. The third-order valence-corrected chi connectivity index (χ3v) is 4.44. The highest BCUT2D eigenvalue weighted by Crippen LogP contribution is 2.15. The summed E-state index contributed by atoms with van der Waals surface area (Å²) in [5.74, 6) is 0.150. The van der Waals surface area contributed by atoms with Crippen molar-refractivity contribution in [3.05, 3.63) is 46.4 Å². The first-order chi connectivity index (χ1) is 11.1. The smallest absolute Gasteiger partial charge is 0.343 e. The molecular formula is C16H22N4O2S. The Bertz CT molecular complexity index is 681. The van der Waals surface area contributed by atoms with Gasteiger partial charge in [0.25, 0.3) is 0 Å². The second-order valence-corrected chi connectivity index (χ2v) is 6.25. The standard InChI is InChI=1S/C16H22N4O2S/c1-3-4-10-20-15(22)18-19-16(20)23-11-14(21)17-12(2)13-8-6-5-7-9-13/h5-9,12H,3-4,10-11H2,1-2H3,(H,17,21)(H,18,22). The number of nitrogens with zero attached hydrogens (tertiary/aromatic N) is 2. The summed E-state index contributed by atoms with van der Waals surface area (Å²) in [5.41, 5.74) is 0.837. The van der Waals surface area contributed by atoms with E-state index in [1.807, 2.05) is 37.3 Å². The Balaban J connectivity index is 1.88. The molecule has 1 aromatic heterocycles. The van der Waals surface area contributed by atoms with Crippen LogP contribution in [0.1, 0.15) is 38.3 Å². The van der Waals surface area contributed by atoms with E-state index in [1.165, 1.54) is 11.8 Å².